The molecule has 1 fully saturated rings. The summed E-state index contributed by atoms with van der Waals surface area (Å²) in [5.41, 5.74) is -0.456. The van der Waals surface area contributed by atoms with Gasteiger partial charge in [-0.05, 0) is 18.8 Å². The van der Waals surface area contributed by atoms with Gasteiger partial charge in [0.1, 0.15) is 0 Å². The van der Waals surface area contributed by atoms with Gasteiger partial charge < -0.3 is 15.1 Å². The molecule has 1 saturated carbocycles. The highest BCUT2D eigenvalue weighted by molar-refractivity contribution is 5.91. The largest absolute Gasteiger partial charge is 0.481 e. The van der Waals surface area contributed by atoms with Crippen molar-refractivity contribution in [1.82, 2.24) is 4.90 Å². The second-order valence-electron chi connectivity index (χ2n) is 5.51. The first-order valence-electron chi connectivity index (χ1n) is 5.85. The summed E-state index contributed by atoms with van der Waals surface area (Å²) in [6, 6.07) is 0. The topological polar surface area (TPSA) is 77.8 Å². The van der Waals surface area contributed by atoms with E-state index in [1.54, 1.807) is 27.8 Å². The smallest absolute Gasteiger partial charge is 0.307 e. The van der Waals surface area contributed by atoms with Crippen molar-refractivity contribution in [1.29, 1.82) is 0 Å². The van der Waals surface area contributed by atoms with E-state index in [1.807, 2.05) is 0 Å². The molecule has 5 heteroatoms. The van der Waals surface area contributed by atoms with Gasteiger partial charge in [-0.15, -0.1) is 0 Å². The van der Waals surface area contributed by atoms with Gasteiger partial charge in [-0.1, -0.05) is 13.8 Å². The number of hydrogen-bond acceptors (Lipinski definition) is 3. The fourth-order valence-electron chi connectivity index (χ4n) is 2.29. The van der Waals surface area contributed by atoms with Crippen LogP contribution in [0.3, 0.4) is 0 Å². The average Bonchev–Trinajstić information content (AvgIpc) is 2.76. The molecule has 0 aromatic rings. The number of carbonyl (C=O) groups is 2. The minimum Gasteiger partial charge on any atom is -0.481 e. The van der Waals surface area contributed by atoms with E-state index < -0.39 is 29.3 Å². The molecule has 0 aromatic heterocycles. The van der Waals surface area contributed by atoms with Crippen molar-refractivity contribution in [3.63, 3.8) is 0 Å². The van der Waals surface area contributed by atoms with Crippen LogP contribution < -0.4 is 0 Å². The number of aliphatic hydroxyl groups excluding tert-OH is 1. The Kier molecular flexibility index (Phi) is 3.81. The number of hydrogen-bond donors (Lipinski definition) is 2. The predicted molar refractivity (Wildman–Crippen MR) is 62.3 cm³/mol. The van der Waals surface area contributed by atoms with Crippen LogP contribution in [0.4, 0.5) is 0 Å². The third-order valence-corrected chi connectivity index (χ3v) is 3.62. The fraction of sp³-hybridized carbons (Fsp3) is 0.833. The van der Waals surface area contributed by atoms with E-state index in [0.717, 1.165) is 0 Å². The van der Waals surface area contributed by atoms with Crippen LogP contribution in [0.2, 0.25) is 0 Å². The van der Waals surface area contributed by atoms with Gasteiger partial charge in [-0.2, -0.15) is 0 Å². The molecule has 1 aliphatic rings. The number of rotatable bonds is 5. The minimum absolute atomic E-state index is 0.136. The Balaban J connectivity index is 2.57. The van der Waals surface area contributed by atoms with E-state index >= 15 is 0 Å². The summed E-state index contributed by atoms with van der Waals surface area (Å²) in [5, 5.41) is 18.1. The summed E-state index contributed by atoms with van der Waals surface area (Å²) in [6.07, 6.45) is 0.0559. The van der Waals surface area contributed by atoms with E-state index in [4.69, 9.17) is 10.2 Å². The van der Waals surface area contributed by atoms with E-state index in [2.05, 4.69) is 0 Å². The molecule has 2 N–H and O–H groups in total. The predicted octanol–water partition coefficient (Wildman–Crippen LogP) is 0.572. The van der Waals surface area contributed by atoms with Gasteiger partial charge in [0.2, 0.25) is 5.91 Å². The van der Waals surface area contributed by atoms with Crippen molar-refractivity contribution >= 4 is 11.9 Å². The first-order chi connectivity index (χ1) is 7.69. The standard InChI is InChI=1S/C12H21NO4/c1-7(14)5-6-13(4)10(15)8-9(11(16)17)12(8,2)3/h7-9,14H,5-6H2,1-4H3,(H,16,17)/t7?,8-,9+/m1/s1. The van der Waals surface area contributed by atoms with E-state index in [9.17, 15) is 9.59 Å². The molecule has 98 valence electrons. The molecule has 0 aliphatic heterocycles. The molecule has 5 nitrogen and oxygen atoms in total. The second kappa shape index (κ2) is 4.64. The van der Waals surface area contributed by atoms with E-state index in [-0.39, 0.29) is 5.91 Å². The number of carboxylic acids is 1. The molecule has 1 aliphatic carbocycles. The maximum absolute atomic E-state index is 12.0. The van der Waals surface area contributed by atoms with Gasteiger partial charge in [-0.3, -0.25) is 9.59 Å². The number of aliphatic hydroxyl groups is 1. The van der Waals surface area contributed by atoms with E-state index in [0.29, 0.717) is 13.0 Å². The summed E-state index contributed by atoms with van der Waals surface area (Å²) < 4.78 is 0. The van der Waals surface area contributed by atoms with Crippen LogP contribution >= 0.6 is 0 Å². The number of aliphatic carboxylic acids is 1. The Hall–Kier alpha value is -1.10. The molecule has 1 rings (SSSR count). The van der Waals surface area contributed by atoms with Gasteiger partial charge in [0.05, 0.1) is 17.9 Å². The fourth-order valence-corrected chi connectivity index (χ4v) is 2.29. The maximum atomic E-state index is 12.0. The lowest BCUT2D eigenvalue weighted by atomic mass is 10.1. The van der Waals surface area contributed by atoms with Crippen LogP contribution in [-0.2, 0) is 9.59 Å². The number of nitrogens with zero attached hydrogens (tertiary/aromatic N) is 1. The van der Waals surface area contributed by atoms with Crippen LogP contribution in [0, 0.1) is 17.3 Å². The molecular formula is C12H21NO4. The highest BCUT2D eigenvalue weighted by atomic mass is 16.4. The van der Waals surface area contributed by atoms with Crippen LogP contribution in [0.5, 0.6) is 0 Å². The SMILES string of the molecule is CC(O)CCN(C)C(=O)[C@H]1[C@@H](C(=O)O)C1(C)C. The van der Waals surface area contributed by atoms with Crippen molar-refractivity contribution < 1.29 is 19.8 Å². The normalized spacial score (nSPS) is 27.4. The number of carbonyl (C=O) groups excluding carboxylic acids is 1. The summed E-state index contributed by atoms with van der Waals surface area (Å²) >= 11 is 0. The minimum atomic E-state index is -0.905. The monoisotopic (exact) mass is 243 g/mol. The molecule has 0 aromatic carbocycles. The Labute approximate surface area is 101 Å². The third kappa shape index (κ3) is 2.77. The molecular weight excluding hydrogens is 222 g/mol. The number of amides is 1. The summed E-state index contributed by atoms with van der Waals surface area (Å²) in [6.45, 7) is 5.72. The molecule has 0 radical (unpaired) electrons. The molecule has 17 heavy (non-hydrogen) atoms. The molecule has 0 saturated heterocycles. The first kappa shape index (κ1) is 14.0. The van der Waals surface area contributed by atoms with Crippen molar-refractivity contribution in [2.24, 2.45) is 17.3 Å². The van der Waals surface area contributed by atoms with Gasteiger partial charge in [0, 0.05) is 13.6 Å². The highest BCUT2D eigenvalue weighted by Crippen LogP contribution is 2.58. The Morgan fingerprint density at radius 1 is 1.35 bits per heavy atom. The molecule has 1 unspecified atom stereocenters. The van der Waals surface area contributed by atoms with Crippen LogP contribution in [-0.4, -0.2) is 46.7 Å². The van der Waals surface area contributed by atoms with Gasteiger partial charge in [0.25, 0.3) is 0 Å². The van der Waals surface area contributed by atoms with Gasteiger partial charge in [-0.25, -0.2) is 0 Å². The highest BCUT2D eigenvalue weighted by Gasteiger charge is 2.66. The zero-order chi connectivity index (χ0) is 13.4. The molecule has 0 bridgehead atoms. The first-order valence-corrected chi connectivity index (χ1v) is 5.85. The van der Waals surface area contributed by atoms with Crippen molar-refractivity contribution in [3.8, 4) is 0 Å². The molecule has 0 heterocycles. The third-order valence-electron chi connectivity index (χ3n) is 3.62. The van der Waals surface area contributed by atoms with Crippen LogP contribution in [0.15, 0.2) is 0 Å². The van der Waals surface area contributed by atoms with Gasteiger partial charge >= 0.3 is 5.97 Å². The number of carboxylic acid groups (broad SMARTS) is 1. The zero-order valence-electron chi connectivity index (χ0n) is 10.8. The molecule has 3 atom stereocenters. The Bertz CT molecular complexity index is 324. The lowest BCUT2D eigenvalue weighted by molar-refractivity contribution is -0.141. The van der Waals surface area contributed by atoms with E-state index in [1.165, 1.54) is 4.90 Å². The Morgan fingerprint density at radius 2 is 1.88 bits per heavy atom. The zero-order valence-corrected chi connectivity index (χ0v) is 10.8. The second-order valence-corrected chi connectivity index (χ2v) is 5.51. The van der Waals surface area contributed by atoms with Crippen LogP contribution in [0.25, 0.3) is 0 Å². The van der Waals surface area contributed by atoms with Crippen LogP contribution in [0.1, 0.15) is 27.2 Å². The summed E-state index contributed by atoms with van der Waals surface area (Å²) in [4.78, 5) is 24.5. The molecule has 0 spiro atoms. The van der Waals surface area contributed by atoms with Crippen molar-refractivity contribution in [3.05, 3.63) is 0 Å². The maximum Gasteiger partial charge on any atom is 0.307 e. The summed E-state index contributed by atoms with van der Waals surface area (Å²) in [5.74, 6) is -2.05. The molecule has 1 amide bonds. The summed E-state index contributed by atoms with van der Waals surface area (Å²) in [7, 11) is 1.65. The Morgan fingerprint density at radius 3 is 2.24 bits per heavy atom. The van der Waals surface area contributed by atoms with Gasteiger partial charge in [0.15, 0.2) is 0 Å². The van der Waals surface area contributed by atoms with Crippen molar-refractivity contribution in [2.45, 2.75) is 33.3 Å². The lowest BCUT2D eigenvalue weighted by Crippen LogP contribution is -2.32. The lowest BCUT2D eigenvalue weighted by Gasteiger charge is -2.18. The van der Waals surface area contributed by atoms with Crippen molar-refractivity contribution in [2.75, 3.05) is 13.6 Å². The average molecular weight is 243 g/mol. The quantitative estimate of drug-likeness (QED) is 0.740.